The van der Waals surface area contributed by atoms with Gasteiger partial charge >= 0.3 is 0 Å². The molecule has 1 aliphatic heterocycles. The first-order valence-corrected chi connectivity index (χ1v) is 10.4. The second-order valence-corrected chi connectivity index (χ2v) is 8.60. The Morgan fingerprint density at radius 2 is 1.11 bits per heavy atom. The molecule has 0 unspecified atom stereocenters. The van der Waals surface area contributed by atoms with E-state index in [2.05, 4.69) is 83.8 Å². The highest BCUT2D eigenvalue weighted by Crippen LogP contribution is 2.60. The molecule has 7 rings (SSSR count). The van der Waals surface area contributed by atoms with Crippen LogP contribution in [0.4, 0.5) is 0 Å². The summed E-state index contributed by atoms with van der Waals surface area (Å²) in [5, 5.41) is 10.2. The van der Waals surface area contributed by atoms with Crippen LogP contribution >= 0.6 is 0 Å². The van der Waals surface area contributed by atoms with Crippen molar-refractivity contribution in [2.45, 2.75) is 17.9 Å². The van der Waals surface area contributed by atoms with Crippen LogP contribution in [-0.4, -0.2) is 29.7 Å². The molecule has 3 aliphatic carbocycles. The van der Waals surface area contributed by atoms with E-state index in [4.69, 9.17) is 0 Å². The Balaban J connectivity index is 1.43. The van der Waals surface area contributed by atoms with Crippen LogP contribution in [0.1, 0.15) is 45.7 Å². The molecule has 2 heteroatoms. The number of aliphatic hydroxyl groups excluding tert-OH is 1. The molecule has 3 aromatic carbocycles. The van der Waals surface area contributed by atoms with Crippen LogP contribution in [0, 0.1) is 11.8 Å². The molecule has 0 aromatic heterocycles. The van der Waals surface area contributed by atoms with Crippen LogP contribution in [-0.2, 0) is 0 Å². The maximum atomic E-state index is 10.2. The van der Waals surface area contributed by atoms with Crippen molar-refractivity contribution in [2.75, 3.05) is 19.7 Å². The van der Waals surface area contributed by atoms with Crippen molar-refractivity contribution in [3.8, 4) is 0 Å². The van der Waals surface area contributed by atoms with Gasteiger partial charge < -0.3 is 5.11 Å². The van der Waals surface area contributed by atoms with Gasteiger partial charge in [0.05, 0.1) is 12.6 Å². The van der Waals surface area contributed by atoms with Crippen molar-refractivity contribution in [3.05, 3.63) is 107 Å². The Labute approximate surface area is 166 Å². The number of benzene rings is 3. The predicted octanol–water partition coefficient (Wildman–Crippen LogP) is 4.56. The van der Waals surface area contributed by atoms with E-state index in [1.165, 1.54) is 27.8 Å². The highest BCUT2D eigenvalue weighted by Gasteiger charge is 2.53. The van der Waals surface area contributed by atoms with E-state index in [0.717, 1.165) is 13.1 Å². The molecule has 0 saturated carbocycles. The largest absolute Gasteiger partial charge is 0.394 e. The molecule has 1 fully saturated rings. The molecule has 3 aromatic rings. The molecule has 140 valence electrons. The number of nitrogens with zero attached hydrogens (tertiary/aromatic N) is 1. The van der Waals surface area contributed by atoms with Crippen molar-refractivity contribution >= 4 is 0 Å². The van der Waals surface area contributed by atoms with Gasteiger partial charge in [0, 0.05) is 24.9 Å². The van der Waals surface area contributed by atoms with Crippen molar-refractivity contribution < 1.29 is 5.11 Å². The van der Waals surface area contributed by atoms with Gasteiger partial charge in [0.2, 0.25) is 0 Å². The molecule has 1 N–H and O–H groups in total. The summed E-state index contributed by atoms with van der Waals surface area (Å²) in [5.74, 6) is 2.24. The predicted molar refractivity (Wildman–Crippen MR) is 111 cm³/mol. The van der Waals surface area contributed by atoms with Gasteiger partial charge in [0.1, 0.15) is 0 Å². The number of hydrogen-bond acceptors (Lipinski definition) is 2. The van der Waals surface area contributed by atoms with Crippen molar-refractivity contribution in [3.63, 3.8) is 0 Å². The maximum Gasteiger partial charge on any atom is 0.0628 e. The molecular weight excluding hydrogens is 342 g/mol. The van der Waals surface area contributed by atoms with Gasteiger partial charge in [-0.2, -0.15) is 0 Å². The molecule has 3 atom stereocenters. The quantitative estimate of drug-likeness (QED) is 0.734. The van der Waals surface area contributed by atoms with Crippen LogP contribution in [0.2, 0.25) is 0 Å². The molecule has 2 bridgehead atoms. The minimum Gasteiger partial charge on any atom is -0.394 e. The fraction of sp³-hybridized carbons (Fsp3) is 0.308. The summed E-state index contributed by atoms with van der Waals surface area (Å²) in [7, 11) is 0. The highest BCUT2D eigenvalue weighted by molar-refractivity contribution is 5.57. The molecule has 0 amide bonds. The Hall–Kier alpha value is -2.42. The van der Waals surface area contributed by atoms with Crippen molar-refractivity contribution in [1.82, 2.24) is 4.90 Å². The number of aliphatic hydroxyl groups is 1. The van der Waals surface area contributed by atoms with Crippen molar-refractivity contribution in [2.24, 2.45) is 11.8 Å². The standard InChI is InChI=1S/C26H25NO/c28-16-24(17-8-2-1-3-9-17)27-14-22-23(15-27)26-19-11-5-4-10-18(19)25(22)20-12-6-7-13-21(20)26/h1-13,22-26,28H,14-16H2/t22-,23+,24-,25?,26?/m0/s1. The molecular formula is C26H25NO. The molecule has 28 heavy (non-hydrogen) atoms. The summed E-state index contributed by atoms with van der Waals surface area (Å²) in [5.41, 5.74) is 7.37. The molecule has 0 radical (unpaired) electrons. The summed E-state index contributed by atoms with van der Waals surface area (Å²) in [6.07, 6.45) is 0. The third kappa shape index (κ3) is 2.22. The van der Waals surface area contributed by atoms with Crippen LogP contribution in [0.5, 0.6) is 0 Å². The average Bonchev–Trinajstić information content (AvgIpc) is 3.20. The lowest BCUT2D eigenvalue weighted by Gasteiger charge is -2.48. The smallest absolute Gasteiger partial charge is 0.0628 e. The van der Waals surface area contributed by atoms with E-state index in [1.807, 2.05) is 0 Å². The maximum absolute atomic E-state index is 10.2. The third-order valence-electron chi connectivity index (χ3n) is 7.43. The zero-order valence-corrected chi connectivity index (χ0v) is 15.9. The number of hydrogen-bond donors (Lipinski definition) is 1. The van der Waals surface area contributed by atoms with Crippen LogP contribution in [0.25, 0.3) is 0 Å². The van der Waals surface area contributed by atoms with Gasteiger partial charge in [-0.25, -0.2) is 0 Å². The Morgan fingerprint density at radius 3 is 1.54 bits per heavy atom. The molecule has 1 heterocycles. The van der Waals surface area contributed by atoms with E-state index in [1.54, 1.807) is 0 Å². The monoisotopic (exact) mass is 367 g/mol. The summed E-state index contributed by atoms with van der Waals surface area (Å²) < 4.78 is 0. The minimum atomic E-state index is 0.0948. The average molecular weight is 367 g/mol. The summed E-state index contributed by atoms with van der Waals surface area (Å²) in [6.45, 7) is 2.31. The third-order valence-corrected chi connectivity index (χ3v) is 7.43. The first-order valence-electron chi connectivity index (χ1n) is 10.4. The van der Waals surface area contributed by atoms with Gasteiger partial charge in [-0.05, 0) is 39.7 Å². The zero-order valence-electron chi connectivity index (χ0n) is 15.9. The SMILES string of the molecule is OC[C@@H](c1ccccc1)N1C[C@@H]2C3c4ccccc4C(c4ccccc43)[C@@H]2C1. The first kappa shape index (κ1) is 16.5. The van der Waals surface area contributed by atoms with Gasteiger partial charge in [-0.1, -0.05) is 78.9 Å². The van der Waals surface area contributed by atoms with E-state index in [0.29, 0.717) is 23.7 Å². The lowest BCUT2D eigenvalue weighted by Crippen LogP contribution is -2.39. The Morgan fingerprint density at radius 1 is 0.679 bits per heavy atom. The topological polar surface area (TPSA) is 23.5 Å². The second-order valence-electron chi connectivity index (χ2n) is 8.60. The van der Waals surface area contributed by atoms with Crippen molar-refractivity contribution in [1.29, 1.82) is 0 Å². The summed E-state index contributed by atoms with van der Waals surface area (Å²) >= 11 is 0. The summed E-state index contributed by atoms with van der Waals surface area (Å²) in [6, 6.07) is 28.8. The van der Waals surface area contributed by atoms with Gasteiger partial charge in [-0.15, -0.1) is 0 Å². The zero-order chi connectivity index (χ0) is 18.7. The molecule has 2 nitrogen and oxygen atoms in total. The van der Waals surface area contributed by atoms with Gasteiger partial charge in [-0.3, -0.25) is 4.90 Å². The van der Waals surface area contributed by atoms with E-state index >= 15 is 0 Å². The second kappa shape index (κ2) is 6.30. The normalized spacial score (nSPS) is 28.5. The number of likely N-dealkylation sites (tertiary alicyclic amines) is 1. The van der Waals surface area contributed by atoms with E-state index < -0.39 is 0 Å². The van der Waals surface area contributed by atoms with Crippen LogP contribution < -0.4 is 0 Å². The van der Waals surface area contributed by atoms with Gasteiger partial charge in [0.25, 0.3) is 0 Å². The lowest BCUT2D eigenvalue weighted by molar-refractivity contribution is 0.141. The van der Waals surface area contributed by atoms with Crippen LogP contribution in [0.15, 0.2) is 78.9 Å². The fourth-order valence-corrected chi connectivity index (χ4v) is 6.37. The molecule has 0 spiro atoms. The summed E-state index contributed by atoms with van der Waals surface area (Å²) in [4.78, 5) is 2.54. The highest BCUT2D eigenvalue weighted by atomic mass is 16.3. The van der Waals surface area contributed by atoms with Gasteiger partial charge in [0.15, 0.2) is 0 Å². The van der Waals surface area contributed by atoms with E-state index in [9.17, 15) is 5.11 Å². The molecule has 4 aliphatic rings. The fourth-order valence-electron chi connectivity index (χ4n) is 6.37. The number of rotatable bonds is 3. The Bertz CT molecular complexity index is 908. The molecule has 1 saturated heterocycles. The Kier molecular flexibility index (Phi) is 3.72. The minimum absolute atomic E-state index is 0.0948. The van der Waals surface area contributed by atoms with E-state index in [-0.39, 0.29) is 12.6 Å². The van der Waals surface area contributed by atoms with Crippen LogP contribution in [0.3, 0.4) is 0 Å². The first-order chi connectivity index (χ1) is 13.9. The lowest BCUT2D eigenvalue weighted by atomic mass is 9.55.